The number of thiazole rings is 1. The van der Waals surface area contributed by atoms with Crippen molar-refractivity contribution >= 4 is 39.2 Å². The first kappa shape index (κ1) is 20.3. The molecule has 0 spiro atoms. The van der Waals surface area contributed by atoms with Gasteiger partial charge in [-0.15, -0.1) is 11.3 Å². The molecule has 0 bridgehead atoms. The Morgan fingerprint density at radius 1 is 1.19 bits per heavy atom. The number of fused-ring (bicyclic) bond motifs is 1. The van der Waals surface area contributed by atoms with Crippen molar-refractivity contribution in [1.82, 2.24) is 19.4 Å². The van der Waals surface area contributed by atoms with Crippen LogP contribution in [0.4, 0.5) is 0 Å². The molecule has 0 aliphatic carbocycles. The topological polar surface area (TPSA) is 51.0 Å². The van der Waals surface area contributed by atoms with Crippen LogP contribution in [0.1, 0.15) is 35.0 Å². The zero-order valence-corrected chi connectivity index (χ0v) is 19.2. The van der Waals surface area contributed by atoms with Crippen LogP contribution in [0, 0.1) is 13.8 Å². The quantitative estimate of drug-likeness (QED) is 0.375. The highest BCUT2D eigenvalue weighted by molar-refractivity contribution is 7.99. The van der Waals surface area contributed by atoms with Crippen molar-refractivity contribution < 1.29 is 4.79 Å². The predicted octanol–water partition coefficient (Wildman–Crippen LogP) is 5.55. The summed E-state index contributed by atoms with van der Waals surface area (Å²) in [5, 5.41) is 1.90. The molecule has 1 fully saturated rings. The van der Waals surface area contributed by atoms with Gasteiger partial charge in [-0.1, -0.05) is 36.0 Å². The van der Waals surface area contributed by atoms with Crippen molar-refractivity contribution in [3.8, 4) is 5.69 Å². The highest BCUT2D eigenvalue weighted by Crippen LogP contribution is 2.37. The Bertz CT molecular complexity index is 1210. The van der Waals surface area contributed by atoms with E-state index in [-0.39, 0.29) is 11.9 Å². The normalized spacial score (nSPS) is 16.3. The van der Waals surface area contributed by atoms with Gasteiger partial charge in [-0.2, -0.15) is 0 Å². The molecule has 1 saturated heterocycles. The lowest BCUT2D eigenvalue weighted by Crippen LogP contribution is -2.32. The summed E-state index contributed by atoms with van der Waals surface area (Å²) in [6, 6.07) is 14.5. The van der Waals surface area contributed by atoms with E-state index in [1.807, 2.05) is 29.3 Å². The third-order valence-electron chi connectivity index (χ3n) is 5.94. The second-order valence-corrected chi connectivity index (χ2v) is 9.86. The molecular formula is C24H24N4OS2. The van der Waals surface area contributed by atoms with E-state index in [2.05, 4.69) is 47.7 Å². The summed E-state index contributed by atoms with van der Waals surface area (Å²) in [6.07, 6.45) is 5.77. The first-order chi connectivity index (χ1) is 15.1. The van der Waals surface area contributed by atoms with Gasteiger partial charge in [0.2, 0.25) is 5.91 Å². The van der Waals surface area contributed by atoms with Crippen molar-refractivity contribution in [1.29, 1.82) is 0 Å². The van der Waals surface area contributed by atoms with Gasteiger partial charge in [-0.05, 0) is 56.0 Å². The van der Waals surface area contributed by atoms with Gasteiger partial charge in [0.05, 0.1) is 27.7 Å². The Morgan fingerprint density at radius 3 is 2.94 bits per heavy atom. The Hall–Kier alpha value is -2.64. The second-order valence-electron chi connectivity index (χ2n) is 7.85. The number of likely N-dealkylation sites (tertiary alicyclic amines) is 1. The zero-order chi connectivity index (χ0) is 21.4. The van der Waals surface area contributed by atoms with E-state index in [0.717, 1.165) is 40.8 Å². The molecule has 1 atom stereocenters. The molecule has 3 heterocycles. The summed E-state index contributed by atoms with van der Waals surface area (Å²) in [5.41, 5.74) is 4.60. The molecule has 5 nitrogen and oxygen atoms in total. The number of para-hydroxylation sites is 1. The van der Waals surface area contributed by atoms with Crippen molar-refractivity contribution in [3.05, 3.63) is 71.0 Å². The number of rotatable bonds is 5. The Kier molecular flexibility index (Phi) is 5.54. The molecule has 0 N–H and O–H groups in total. The number of hydrogen-bond acceptors (Lipinski definition) is 5. The smallest absolute Gasteiger partial charge is 0.233 e. The average molecular weight is 449 g/mol. The van der Waals surface area contributed by atoms with E-state index in [9.17, 15) is 4.79 Å². The number of hydrogen-bond donors (Lipinski definition) is 0. The van der Waals surface area contributed by atoms with E-state index in [1.54, 1.807) is 17.5 Å². The third kappa shape index (κ3) is 3.88. The van der Waals surface area contributed by atoms with Crippen LogP contribution >= 0.6 is 23.1 Å². The van der Waals surface area contributed by atoms with E-state index >= 15 is 0 Å². The van der Waals surface area contributed by atoms with Crippen LogP contribution in [0.25, 0.3) is 15.9 Å². The summed E-state index contributed by atoms with van der Waals surface area (Å²) >= 11 is 3.21. The van der Waals surface area contributed by atoms with Gasteiger partial charge in [0, 0.05) is 18.9 Å². The standard InChI is InChI=1S/C24H24N4OS2/c1-16-7-5-9-19(17(16)2)28-14-12-25-24(28)30-15-22(29)27-13-6-10-20(27)23-26-18-8-3-4-11-21(18)31-23/h3-5,7-9,11-12,14,20H,6,10,13,15H2,1-2H3. The largest absolute Gasteiger partial charge is 0.332 e. The van der Waals surface area contributed by atoms with Crippen LogP contribution in [0.2, 0.25) is 0 Å². The molecular weight excluding hydrogens is 424 g/mol. The molecule has 1 aliphatic rings. The highest BCUT2D eigenvalue weighted by Gasteiger charge is 2.32. The molecule has 2 aromatic heterocycles. The lowest BCUT2D eigenvalue weighted by molar-refractivity contribution is -0.129. The average Bonchev–Trinajstić information content (AvgIpc) is 3.52. The van der Waals surface area contributed by atoms with Gasteiger partial charge in [0.15, 0.2) is 5.16 Å². The van der Waals surface area contributed by atoms with Gasteiger partial charge in [-0.25, -0.2) is 9.97 Å². The molecule has 7 heteroatoms. The number of thioether (sulfide) groups is 1. The fraction of sp³-hybridized carbons (Fsp3) is 0.292. The van der Waals surface area contributed by atoms with Gasteiger partial charge in [0.25, 0.3) is 0 Å². The van der Waals surface area contributed by atoms with E-state index in [4.69, 9.17) is 4.98 Å². The first-order valence-electron chi connectivity index (χ1n) is 10.5. The summed E-state index contributed by atoms with van der Waals surface area (Å²) in [6.45, 7) is 5.03. The SMILES string of the molecule is Cc1cccc(-n2ccnc2SCC(=O)N2CCCC2c2nc3ccccc3s2)c1C. The Labute approximate surface area is 190 Å². The van der Waals surface area contributed by atoms with Gasteiger partial charge in [-0.3, -0.25) is 9.36 Å². The molecule has 2 aromatic carbocycles. The number of aryl methyl sites for hydroxylation is 1. The maximum absolute atomic E-state index is 13.2. The number of imidazole rings is 1. The van der Waals surface area contributed by atoms with Crippen LogP contribution in [-0.4, -0.2) is 37.6 Å². The monoisotopic (exact) mass is 448 g/mol. The molecule has 31 heavy (non-hydrogen) atoms. The van der Waals surface area contributed by atoms with Crippen molar-refractivity contribution in [3.63, 3.8) is 0 Å². The number of carbonyl (C=O) groups excluding carboxylic acids is 1. The number of amides is 1. The van der Waals surface area contributed by atoms with Crippen molar-refractivity contribution in [2.75, 3.05) is 12.3 Å². The van der Waals surface area contributed by atoms with Gasteiger partial charge < -0.3 is 4.90 Å². The number of benzene rings is 2. The number of aromatic nitrogens is 3. The van der Waals surface area contributed by atoms with E-state index in [1.165, 1.54) is 27.6 Å². The van der Waals surface area contributed by atoms with Crippen LogP contribution < -0.4 is 0 Å². The minimum Gasteiger partial charge on any atom is -0.332 e. The molecule has 5 rings (SSSR count). The lowest BCUT2D eigenvalue weighted by Gasteiger charge is -2.23. The van der Waals surface area contributed by atoms with Crippen molar-refractivity contribution in [2.24, 2.45) is 0 Å². The number of carbonyl (C=O) groups is 1. The van der Waals surface area contributed by atoms with E-state index in [0.29, 0.717) is 5.75 Å². The van der Waals surface area contributed by atoms with Crippen molar-refractivity contribution in [2.45, 2.75) is 37.9 Å². The highest BCUT2D eigenvalue weighted by atomic mass is 32.2. The fourth-order valence-corrected chi connectivity index (χ4v) is 6.11. The number of nitrogens with zero attached hydrogens (tertiary/aromatic N) is 4. The Balaban J connectivity index is 1.32. The summed E-state index contributed by atoms with van der Waals surface area (Å²) < 4.78 is 3.26. The molecule has 4 aromatic rings. The van der Waals surface area contributed by atoms with Gasteiger partial charge >= 0.3 is 0 Å². The molecule has 1 amide bonds. The van der Waals surface area contributed by atoms with Gasteiger partial charge in [0.1, 0.15) is 5.01 Å². The van der Waals surface area contributed by atoms with Crippen LogP contribution in [0.5, 0.6) is 0 Å². The Morgan fingerprint density at radius 2 is 2.06 bits per heavy atom. The summed E-state index contributed by atoms with van der Waals surface area (Å²) in [7, 11) is 0. The minimum absolute atomic E-state index is 0.0873. The molecule has 0 saturated carbocycles. The molecule has 0 radical (unpaired) electrons. The minimum atomic E-state index is 0.0873. The summed E-state index contributed by atoms with van der Waals surface area (Å²) in [5.74, 6) is 0.533. The maximum Gasteiger partial charge on any atom is 0.233 e. The lowest BCUT2D eigenvalue weighted by atomic mass is 10.1. The van der Waals surface area contributed by atoms with E-state index < -0.39 is 0 Å². The molecule has 1 unspecified atom stereocenters. The van der Waals surface area contributed by atoms with Crippen LogP contribution in [0.15, 0.2) is 60.0 Å². The molecule has 158 valence electrons. The van der Waals surface area contributed by atoms with Crippen LogP contribution in [-0.2, 0) is 4.79 Å². The summed E-state index contributed by atoms with van der Waals surface area (Å²) in [4.78, 5) is 24.5. The fourth-order valence-electron chi connectivity index (χ4n) is 4.14. The van der Waals surface area contributed by atoms with Crippen LogP contribution in [0.3, 0.4) is 0 Å². The predicted molar refractivity (Wildman–Crippen MR) is 127 cm³/mol. The molecule has 1 aliphatic heterocycles. The third-order valence-corrected chi connectivity index (χ3v) is 8.02. The first-order valence-corrected chi connectivity index (χ1v) is 12.3. The zero-order valence-electron chi connectivity index (χ0n) is 17.6. The second kappa shape index (κ2) is 8.48. The maximum atomic E-state index is 13.2.